The topological polar surface area (TPSA) is 48.1 Å². The van der Waals surface area contributed by atoms with Gasteiger partial charge >= 0.3 is 0 Å². The van der Waals surface area contributed by atoms with Crippen LogP contribution in [0.25, 0.3) is 0 Å². The van der Waals surface area contributed by atoms with Crippen molar-refractivity contribution in [2.45, 2.75) is 31.6 Å². The van der Waals surface area contributed by atoms with E-state index in [1.165, 1.54) is 11.1 Å². The SMILES string of the molecule is CCCC(CCN)(c1cccnc1)c1cccc(OC)c1. The summed E-state index contributed by atoms with van der Waals surface area (Å²) in [6, 6.07) is 12.5. The number of aromatic nitrogens is 1. The predicted octanol–water partition coefficient (Wildman–Crippen LogP) is 3.53. The van der Waals surface area contributed by atoms with Gasteiger partial charge in [0, 0.05) is 17.8 Å². The van der Waals surface area contributed by atoms with Crippen molar-refractivity contribution in [2.24, 2.45) is 5.73 Å². The maximum absolute atomic E-state index is 5.94. The van der Waals surface area contributed by atoms with Crippen LogP contribution in [-0.2, 0) is 5.41 Å². The summed E-state index contributed by atoms with van der Waals surface area (Å²) < 4.78 is 5.40. The zero-order valence-electron chi connectivity index (χ0n) is 12.9. The van der Waals surface area contributed by atoms with Crippen molar-refractivity contribution in [3.05, 3.63) is 59.9 Å². The van der Waals surface area contributed by atoms with E-state index >= 15 is 0 Å². The van der Waals surface area contributed by atoms with E-state index in [2.05, 4.69) is 30.1 Å². The van der Waals surface area contributed by atoms with Gasteiger partial charge in [-0.15, -0.1) is 0 Å². The van der Waals surface area contributed by atoms with E-state index in [0.29, 0.717) is 6.54 Å². The molecule has 1 heterocycles. The Balaban J connectivity index is 2.57. The molecule has 0 saturated carbocycles. The molecule has 0 radical (unpaired) electrons. The maximum atomic E-state index is 5.94. The highest BCUT2D eigenvalue weighted by Crippen LogP contribution is 2.40. The van der Waals surface area contributed by atoms with E-state index in [9.17, 15) is 0 Å². The zero-order valence-corrected chi connectivity index (χ0v) is 12.9. The Morgan fingerprint density at radius 3 is 2.57 bits per heavy atom. The summed E-state index contributed by atoms with van der Waals surface area (Å²) in [6.07, 6.45) is 6.81. The fourth-order valence-corrected chi connectivity index (χ4v) is 3.11. The highest BCUT2D eigenvalue weighted by molar-refractivity contribution is 5.41. The molecular weight excluding hydrogens is 260 g/mol. The third-order valence-corrected chi connectivity index (χ3v) is 4.08. The Hall–Kier alpha value is -1.87. The quantitative estimate of drug-likeness (QED) is 0.846. The fourth-order valence-electron chi connectivity index (χ4n) is 3.11. The molecule has 2 aromatic rings. The summed E-state index contributed by atoms with van der Waals surface area (Å²) in [6.45, 7) is 2.86. The molecule has 21 heavy (non-hydrogen) atoms. The van der Waals surface area contributed by atoms with Crippen LogP contribution in [0.5, 0.6) is 5.75 Å². The Morgan fingerprint density at radius 2 is 1.95 bits per heavy atom. The van der Waals surface area contributed by atoms with E-state index in [-0.39, 0.29) is 5.41 Å². The smallest absolute Gasteiger partial charge is 0.119 e. The lowest BCUT2D eigenvalue weighted by Crippen LogP contribution is -2.31. The van der Waals surface area contributed by atoms with Crippen LogP contribution in [0.1, 0.15) is 37.3 Å². The van der Waals surface area contributed by atoms with E-state index in [1.807, 2.05) is 30.6 Å². The third-order valence-electron chi connectivity index (χ3n) is 4.08. The van der Waals surface area contributed by atoms with Crippen LogP contribution < -0.4 is 10.5 Å². The van der Waals surface area contributed by atoms with Crippen molar-refractivity contribution in [1.82, 2.24) is 4.98 Å². The largest absolute Gasteiger partial charge is 0.497 e. The van der Waals surface area contributed by atoms with Crippen LogP contribution in [0.15, 0.2) is 48.8 Å². The average molecular weight is 284 g/mol. The van der Waals surface area contributed by atoms with Gasteiger partial charge in [-0.2, -0.15) is 0 Å². The van der Waals surface area contributed by atoms with Gasteiger partial charge in [0.1, 0.15) is 5.75 Å². The summed E-state index contributed by atoms with van der Waals surface area (Å²) in [7, 11) is 1.70. The number of methoxy groups -OCH3 is 1. The molecule has 0 aliphatic rings. The molecule has 0 bridgehead atoms. The first-order valence-electron chi connectivity index (χ1n) is 7.52. The molecule has 0 amide bonds. The molecule has 2 N–H and O–H groups in total. The van der Waals surface area contributed by atoms with Crippen molar-refractivity contribution < 1.29 is 4.74 Å². The molecule has 3 heteroatoms. The number of rotatable bonds is 7. The molecule has 3 nitrogen and oxygen atoms in total. The van der Waals surface area contributed by atoms with Crippen molar-refractivity contribution >= 4 is 0 Å². The van der Waals surface area contributed by atoms with Gasteiger partial charge < -0.3 is 10.5 Å². The summed E-state index contributed by atoms with van der Waals surface area (Å²) in [5, 5.41) is 0. The van der Waals surface area contributed by atoms with Crippen LogP contribution >= 0.6 is 0 Å². The van der Waals surface area contributed by atoms with Gasteiger partial charge in [0.15, 0.2) is 0 Å². The van der Waals surface area contributed by atoms with Crippen molar-refractivity contribution in [3.63, 3.8) is 0 Å². The van der Waals surface area contributed by atoms with Gasteiger partial charge in [0.05, 0.1) is 7.11 Å². The minimum Gasteiger partial charge on any atom is -0.497 e. The first-order chi connectivity index (χ1) is 10.3. The van der Waals surface area contributed by atoms with Crippen LogP contribution in [0, 0.1) is 0 Å². The number of nitrogens with two attached hydrogens (primary N) is 1. The molecule has 1 aromatic carbocycles. The Morgan fingerprint density at radius 1 is 1.14 bits per heavy atom. The van der Waals surface area contributed by atoms with Gasteiger partial charge in [-0.1, -0.05) is 31.5 Å². The highest BCUT2D eigenvalue weighted by Gasteiger charge is 2.33. The Labute approximate surface area is 127 Å². The second kappa shape index (κ2) is 7.23. The van der Waals surface area contributed by atoms with E-state index < -0.39 is 0 Å². The number of hydrogen-bond acceptors (Lipinski definition) is 3. The molecule has 0 aliphatic carbocycles. The van der Waals surface area contributed by atoms with Gasteiger partial charge in [-0.25, -0.2) is 0 Å². The first-order valence-corrected chi connectivity index (χ1v) is 7.52. The predicted molar refractivity (Wildman–Crippen MR) is 86.6 cm³/mol. The minimum atomic E-state index is -0.0910. The minimum absolute atomic E-state index is 0.0910. The molecule has 1 unspecified atom stereocenters. The molecule has 0 aliphatic heterocycles. The van der Waals surface area contributed by atoms with Gasteiger partial charge in [-0.3, -0.25) is 4.98 Å². The van der Waals surface area contributed by atoms with E-state index in [4.69, 9.17) is 10.5 Å². The standard InChI is InChI=1S/C18H24N2O/c1-3-9-18(10-11-19,16-7-5-12-20-14-16)15-6-4-8-17(13-15)21-2/h4-8,12-14H,3,9-11,19H2,1-2H3. The maximum Gasteiger partial charge on any atom is 0.119 e. The number of ether oxygens (including phenoxy) is 1. The normalized spacial score (nSPS) is 13.7. The average Bonchev–Trinajstić information content (AvgIpc) is 2.55. The molecule has 0 saturated heterocycles. The van der Waals surface area contributed by atoms with Crippen LogP contribution in [0.2, 0.25) is 0 Å². The van der Waals surface area contributed by atoms with Gasteiger partial charge in [0.25, 0.3) is 0 Å². The van der Waals surface area contributed by atoms with Crippen LogP contribution in [0.4, 0.5) is 0 Å². The Kier molecular flexibility index (Phi) is 5.34. The number of nitrogens with zero attached hydrogens (tertiary/aromatic N) is 1. The molecule has 0 spiro atoms. The third kappa shape index (κ3) is 3.24. The van der Waals surface area contributed by atoms with Crippen molar-refractivity contribution in [3.8, 4) is 5.75 Å². The number of pyridine rings is 1. The fraction of sp³-hybridized carbons (Fsp3) is 0.389. The molecular formula is C18H24N2O. The molecule has 1 aromatic heterocycles. The zero-order chi connectivity index (χ0) is 15.1. The van der Waals surface area contributed by atoms with Gasteiger partial charge in [0.2, 0.25) is 0 Å². The summed E-state index contributed by atoms with van der Waals surface area (Å²) in [4.78, 5) is 4.31. The monoisotopic (exact) mass is 284 g/mol. The first kappa shape index (κ1) is 15.5. The molecule has 1 atom stereocenters. The molecule has 112 valence electrons. The van der Waals surface area contributed by atoms with E-state index in [1.54, 1.807) is 7.11 Å². The van der Waals surface area contributed by atoms with Gasteiger partial charge in [-0.05, 0) is 48.7 Å². The second-order valence-electron chi connectivity index (χ2n) is 5.34. The van der Waals surface area contributed by atoms with E-state index in [0.717, 1.165) is 25.0 Å². The summed E-state index contributed by atoms with van der Waals surface area (Å²) in [5.41, 5.74) is 8.33. The van der Waals surface area contributed by atoms with Crippen LogP contribution in [-0.4, -0.2) is 18.6 Å². The van der Waals surface area contributed by atoms with Crippen LogP contribution in [0.3, 0.4) is 0 Å². The van der Waals surface area contributed by atoms with Crippen molar-refractivity contribution in [2.75, 3.05) is 13.7 Å². The number of benzene rings is 1. The lowest BCUT2D eigenvalue weighted by Gasteiger charge is -2.35. The number of hydrogen-bond donors (Lipinski definition) is 1. The highest BCUT2D eigenvalue weighted by atomic mass is 16.5. The summed E-state index contributed by atoms with van der Waals surface area (Å²) >= 11 is 0. The summed E-state index contributed by atoms with van der Waals surface area (Å²) in [5.74, 6) is 0.883. The second-order valence-corrected chi connectivity index (χ2v) is 5.34. The lowest BCUT2D eigenvalue weighted by molar-refractivity contribution is 0.405. The lowest BCUT2D eigenvalue weighted by atomic mass is 9.69. The molecule has 0 fully saturated rings. The molecule has 2 rings (SSSR count). The Bertz CT molecular complexity index is 548. The van der Waals surface area contributed by atoms with Crippen molar-refractivity contribution in [1.29, 1.82) is 0 Å².